The first-order valence-electron chi connectivity index (χ1n) is 6.11. The quantitative estimate of drug-likeness (QED) is 0.830. The molecule has 3 heteroatoms. The summed E-state index contributed by atoms with van der Waals surface area (Å²) in [4.78, 5) is 14.2. The lowest BCUT2D eigenvalue weighted by Crippen LogP contribution is -2.49. The van der Waals surface area contributed by atoms with Crippen LogP contribution in [0, 0.1) is 0 Å². The molecule has 0 aliphatic carbocycles. The monoisotopic (exact) mass is 246 g/mol. The van der Waals surface area contributed by atoms with Gasteiger partial charge in [0.15, 0.2) is 0 Å². The summed E-state index contributed by atoms with van der Waals surface area (Å²) in [5, 5.41) is 0. The second-order valence-corrected chi connectivity index (χ2v) is 5.30. The molecule has 0 radical (unpaired) electrons. The fourth-order valence-electron chi connectivity index (χ4n) is 1.79. The second kappa shape index (κ2) is 5.83. The minimum atomic E-state index is -0.620. The Labute approximate surface area is 109 Å². The highest BCUT2D eigenvalue weighted by Crippen LogP contribution is 2.20. The minimum Gasteiger partial charge on any atom is -0.333 e. The van der Waals surface area contributed by atoms with Gasteiger partial charge in [-0.25, -0.2) is 0 Å². The zero-order chi connectivity index (χ0) is 13.8. The van der Waals surface area contributed by atoms with Gasteiger partial charge in [0.05, 0.1) is 0 Å². The van der Waals surface area contributed by atoms with Crippen molar-refractivity contribution in [3.8, 4) is 0 Å². The third-order valence-corrected chi connectivity index (χ3v) is 2.81. The summed E-state index contributed by atoms with van der Waals surface area (Å²) in [6.07, 6.45) is 1.72. The molecule has 0 spiro atoms. The molecule has 0 bridgehead atoms. The van der Waals surface area contributed by atoms with Gasteiger partial charge in [-0.1, -0.05) is 36.4 Å². The molecule has 0 saturated heterocycles. The maximum absolute atomic E-state index is 12.4. The predicted molar refractivity (Wildman–Crippen MR) is 75.0 cm³/mol. The van der Waals surface area contributed by atoms with Crippen LogP contribution in [0.15, 0.2) is 43.0 Å². The predicted octanol–water partition coefficient (Wildman–Crippen LogP) is 2.50. The Hall–Kier alpha value is -1.61. The molecule has 1 aromatic rings. The molecular formula is C15H22N2O. The molecule has 0 saturated carbocycles. The number of hydrogen-bond acceptors (Lipinski definition) is 2. The molecule has 0 aromatic heterocycles. The molecule has 1 rings (SSSR count). The molecule has 0 heterocycles. The van der Waals surface area contributed by atoms with Gasteiger partial charge in [0, 0.05) is 12.1 Å². The topological polar surface area (TPSA) is 46.3 Å². The molecule has 0 unspecified atom stereocenters. The standard InChI is InChI=1S/C15H22N2O/c1-5-11-17(15(2,3)4)14(18)13(16)12-9-7-6-8-10-12/h5-10,13H,1,11,16H2,2-4H3/t13-/m0/s1. The molecule has 2 N–H and O–H groups in total. The van der Waals surface area contributed by atoms with Crippen molar-refractivity contribution in [1.82, 2.24) is 4.90 Å². The van der Waals surface area contributed by atoms with E-state index in [0.29, 0.717) is 6.54 Å². The van der Waals surface area contributed by atoms with E-state index in [1.807, 2.05) is 51.1 Å². The van der Waals surface area contributed by atoms with E-state index in [4.69, 9.17) is 5.73 Å². The van der Waals surface area contributed by atoms with Crippen LogP contribution < -0.4 is 5.73 Å². The van der Waals surface area contributed by atoms with Gasteiger partial charge in [0.1, 0.15) is 6.04 Å². The maximum Gasteiger partial charge on any atom is 0.244 e. The van der Waals surface area contributed by atoms with Crippen molar-refractivity contribution in [1.29, 1.82) is 0 Å². The maximum atomic E-state index is 12.4. The van der Waals surface area contributed by atoms with Crippen LogP contribution in [0.4, 0.5) is 0 Å². The van der Waals surface area contributed by atoms with Crippen LogP contribution in [-0.4, -0.2) is 22.9 Å². The number of carbonyl (C=O) groups excluding carboxylic acids is 1. The van der Waals surface area contributed by atoms with Crippen LogP contribution in [0.3, 0.4) is 0 Å². The summed E-state index contributed by atoms with van der Waals surface area (Å²) < 4.78 is 0. The number of nitrogens with zero attached hydrogens (tertiary/aromatic N) is 1. The SMILES string of the molecule is C=CCN(C(=O)[C@@H](N)c1ccccc1)C(C)(C)C. The lowest BCUT2D eigenvalue weighted by atomic mass is 10.0. The van der Waals surface area contributed by atoms with E-state index < -0.39 is 6.04 Å². The van der Waals surface area contributed by atoms with Crippen LogP contribution >= 0.6 is 0 Å². The van der Waals surface area contributed by atoms with E-state index in [0.717, 1.165) is 5.56 Å². The van der Waals surface area contributed by atoms with Crippen molar-refractivity contribution in [3.63, 3.8) is 0 Å². The van der Waals surface area contributed by atoms with Crippen LogP contribution in [0.1, 0.15) is 32.4 Å². The van der Waals surface area contributed by atoms with Gasteiger partial charge in [-0.05, 0) is 26.3 Å². The third-order valence-electron chi connectivity index (χ3n) is 2.81. The third kappa shape index (κ3) is 3.44. The Morgan fingerprint density at radius 2 is 1.94 bits per heavy atom. The normalized spacial score (nSPS) is 12.9. The van der Waals surface area contributed by atoms with Crippen LogP contribution in [0.25, 0.3) is 0 Å². The molecule has 0 fully saturated rings. The average Bonchev–Trinajstić information content (AvgIpc) is 2.34. The lowest BCUT2D eigenvalue weighted by molar-refractivity contribution is -0.136. The Kier molecular flexibility index (Phi) is 4.68. The number of rotatable bonds is 4. The number of hydrogen-bond donors (Lipinski definition) is 1. The minimum absolute atomic E-state index is 0.0754. The molecule has 0 aliphatic rings. The van der Waals surface area contributed by atoms with E-state index in [9.17, 15) is 4.79 Å². The second-order valence-electron chi connectivity index (χ2n) is 5.30. The number of carbonyl (C=O) groups is 1. The molecule has 0 aliphatic heterocycles. The van der Waals surface area contributed by atoms with E-state index in [-0.39, 0.29) is 11.4 Å². The first-order chi connectivity index (χ1) is 8.38. The van der Waals surface area contributed by atoms with Gasteiger partial charge in [-0.2, -0.15) is 0 Å². The summed E-state index contributed by atoms with van der Waals surface area (Å²) in [6.45, 7) is 10.2. The van der Waals surface area contributed by atoms with E-state index in [1.165, 1.54) is 0 Å². The highest BCUT2D eigenvalue weighted by Gasteiger charge is 2.29. The molecule has 98 valence electrons. The molecule has 1 aromatic carbocycles. The summed E-state index contributed by atoms with van der Waals surface area (Å²) >= 11 is 0. The lowest BCUT2D eigenvalue weighted by Gasteiger charge is -2.36. The number of amides is 1. The smallest absolute Gasteiger partial charge is 0.244 e. The van der Waals surface area contributed by atoms with Crippen LogP contribution in [0.5, 0.6) is 0 Å². The van der Waals surface area contributed by atoms with Crippen molar-refractivity contribution >= 4 is 5.91 Å². The molecule has 18 heavy (non-hydrogen) atoms. The summed E-state index contributed by atoms with van der Waals surface area (Å²) in [5.41, 5.74) is 6.61. The van der Waals surface area contributed by atoms with Gasteiger partial charge in [0.2, 0.25) is 5.91 Å². The highest BCUT2D eigenvalue weighted by atomic mass is 16.2. The summed E-state index contributed by atoms with van der Waals surface area (Å²) in [7, 11) is 0. The zero-order valence-electron chi connectivity index (χ0n) is 11.4. The van der Waals surface area contributed by atoms with E-state index in [1.54, 1.807) is 11.0 Å². The zero-order valence-corrected chi connectivity index (χ0v) is 11.4. The Morgan fingerprint density at radius 1 is 1.39 bits per heavy atom. The fraction of sp³-hybridized carbons (Fsp3) is 0.400. The van der Waals surface area contributed by atoms with Crippen molar-refractivity contribution in [3.05, 3.63) is 48.6 Å². The van der Waals surface area contributed by atoms with Crippen LogP contribution in [-0.2, 0) is 4.79 Å². The molecule has 1 amide bonds. The van der Waals surface area contributed by atoms with Crippen molar-refractivity contribution in [2.75, 3.05) is 6.54 Å². The summed E-state index contributed by atoms with van der Waals surface area (Å²) in [5.74, 6) is -0.0754. The first kappa shape index (κ1) is 14.5. The van der Waals surface area contributed by atoms with Crippen molar-refractivity contribution in [2.45, 2.75) is 32.4 Å². The largest absolute Gasteiger partial charge is 0.333 e. The Morgan fingerprint density at radius 3 is 2.39 bits per heavy atom. The molecule has 3 nitrogen and oxygen atoms in total. The highest BCUT2D eigenvalue weighted by molar-refractivity contribution is 5.83. The van der Waals surface area contributed by atoms with Crippen molar-refractivity contribution in [2.24, 2.45) is 5.73 Å². The van der Waals surface area contributed by atoms with Gasteiger partial charge < -0.3 is 10.6 Å². The molecule has 1 atom stereocenters. The fourth-order valence-corrected chi connectivity index (χ4v) is 1.79. The van der Waals surface area contributed by atoms with Gasteiger partial charge in [0.25, 0.3) is 0 Å². The van der Waals surface area contributed by atoms with Gasteiger partial charge in [-0.3, -0.25) is 4.79 Å². The molecular weight excluding hydrogens is 224 g/mol. The number of nitrogens with two attached hydrogens (primary N) is 1. The summed E-state index contributed by atoms with van der Waals surface area (Å²) in [6, 6.07) is 8.81. The van der Waals surface area contributed by atoms with E-state index >= 15 is 0 Å². The number of benzene rings is 1. The Balaban J connectivity index is 2.94. The Bertz CT molecular complexity index is 406. The van der Waals surface area contributed by atoms with Gasteiger partial charge >= 0.3 is 0 Å². The van der Waals surface area contributed by atoms with Gasteiger partial charge in [-0.15, -0.1) is 6.58 Å². The van der Waals surface area contributed by atoms with E-state index in [2.05, 4.69) is 6.58 Å². The van der Waals surface area contributed by atoms with Crippen LogP contribution in [0.2, 0.25) is 0 Å². The first-order valence-corrected chi connectivity index (χ1v) is 6.11. The average molecular weight is 246 g/mol. The van der Waals surface area contributed by atoms with Crippen molar-refractivity contribution < 1.29 is 4.79 Å².